The number of rotatable bonds is 7. The van der Waals surface area contributed by atoms with Gasteiger partial charge in [0.2, 0.25) is 11.8 Å². The molecule has 1 saturated carbocycles. The van der Waals surface area contributed by atoms with Gasteiger partial charge in [-0.2, -0.15) is 0 Å². The molecule has 0 N–H and O–H groups in total. The number of hydrogen-bond acceptors (Lipinski definition) is 4. The number of nitrogens with zero attached hydrogens (tertiary/aromatic N) is 3. The van der Waals surface area contributed by atoms with Gasteiger partial charge in [0.1, 0.15) is 0 Å². The predicted octanol–water partition coefficient (Wildman–Crippen LogP) is 1.45. The molecule has 6 heteroatoms. The highest BCUT2D eigenvalue weighted by Gasteiger charge is 2.34. The maximum absolute atomic E-state index is 12.8. The molecule has 3 fully saturated rings. The van der Waals surface area contributed by atoms with Gasteiger partial charge >= 0.3 is 0 Å². The summed E-state index contributed by atoms with van der Waals surface area (Å²) in [5.74, 6) is 1.54. The Morgan fingerprint density at radius 3 is 2.38 bits per heavy atom. The van der Waals surface area contributed by atoms with Crippen LogP contribution < -0.4 is 0 Å². The van der Waals surface area contributed by atoms with Crippen LogP contribution in [0.2, 0.25) is 0 Å². The van der Waals surface area contributed by atoms with Crippen molar-refractivity contribution in [2.45, 2.75) is 38.5 Å². The van der Waals surface area contributed by atoms with Crippen LogP contribution in [0.5, 0.6) is 0 Å². The van der Waals surface area contributed by atoms with Crippen LogP contribution in [-0.2, 0) is 14.3 Å². The topological polar surface area (TPSA) is 53.1 Å². The Bertz CT molecular complexity index is 487. The smallest absolute Gasteiger partial charge is 0.225 e. The number of amides is 2. The molecule has 2 heterocycles. The standard InChI is InChI=1S/C20H35N3O3/c1-21(14-16-6-9-22(15-16)12-13-26-2)19(24)18-7-10-23(11-8-18)20(25)17-4-3-5-17/h16-18H,3-15H2,1-2H3. The lowest BCUT2D eigenvalue weighted by Crippen LogP contribution is -2.47. The van der Waals surface area contributed by atoms with E-state index in [-0.39, 0.29) is 17.7 Å². The Hall–Kier alpha value is -1.14. The molecule has 2 saturated heterocycles. The second-order valence-corrected chi connectivity index (χ2v) is 8.39. The fraction of sp³-hybridized carbons (Fsp3) is 0.900. The van der Waals surface area contributed by atoms with Crippen molar-refractivity contribution in [3.63, 3.8) is 0 Å². The van der Waals surface area contributed by atoms with Gasteiger partial charge in [-0.25, -0.2) is 0 Å². The lowest BCUT2D eigenvalue weighted by atomic mass is 9.83. The minimum Gasteiger partial charge on any atom is -0.383 e. The lowest BCUT2D eigenvalue weighted by Gasteiger charge is -2.37. The summed E-state index contributed by atoms with van der Waals surface area (Å²) < 4.78 is 5.15. The monoisotopic (exact) mass is 365 g/mol. The van der Waals surface area contributed by atoms with Crippen molar-refractivity contribution >= 4 is 11.8 Å². The molecule has 148 valence electrons. The molecule has 1 atom stereocenters. The first-order valence-electron chi connectivity index (χ1n) is 10.3. The van der Waals surface area contributed by atoms with Gasteiger partial charge in [0.05, 0.1) is 6.61 Å². The molecule has 0 aromatic rings. The first kappa shape index (κ1) is 19.6. The Kier molecular flexibility index (Phi) is 6.92. The third kappa shape index (κ3) is 4.77. The zero-order valence-corrected chi connectivity index (χ0v) is 16.5. The molecule has 3 aliphatic rings. The van der Waals surface area contributed by atoms with Crippen LogP contribution in [0.1, 0.15) is 38.5 Å². The maximum atomic E-state index is 12.8. The minimum absolute atomic E-state index is 0.0939. The average Bonchev–Trinajstić information content (AvgIpc) is 3.05. The molecule has 2 aliphatic heterocycles. The van der Waals surface area contributed by atoms with Gasteiger partial charge in [0.25, 0.3) is 0 Å². The molecule has 6 nitrogen and oxygen atoms in total. The Balaban J connectivity index is 1.38. The normalized spacial score (nSPS) is 25.3. The molecular weight excluding hydrogens is 330 g/mol. The van der Waals surface area contributed by atoms with Crippen LogP contribution in [0.15, 0.2) is 0 Å². The van der Waals surface area contributed by atoms with E-state index in [9.17, 15) is 9.59 Å². The summed E-state index contributed by atoms with van der Waals surface area (Å²) in [6.45, 7) is 6.30. The zero-order chi connectivity index (χ0) is 18.5. The van der Waals surface area contributed by atoms with E-state index in [1.165, 1.54) is 6.42 Å². The van der Waals surface area contributed by atoms with Crippen LogP contribution in [0.3, 0.4) is 0 Å². The second-order valence-electron chi connectivity index (χ2n) is 8.39. The van der Waals surface area contributed by atoms with Crippen molar-refractivity contribution in [3.05, 3.63) is 0 Å². The number of hydrogen-bond donors (Lipinski definition) is 0. The van der Waals surface area contributed by atoms with E-state index in [4.69, 9.17) is 4.74 Å². The molecule has 0 spiro atoms. The van der Waals surface area contributed by atoms with Crippen molar-refractivity contribution in [3.8, 4) is 0 Å². The number of piperidine rings is 1. The minimum atomic E-state index is 0.0939. The molecule has 0 aromatic heterocycles. The van der Waals surface area contributed by atoms with Gasteiger partial charge in [0, 0.05) is 58.7 Å². The van der Waals surface area contributed by atoms with Crippen molar-refractivity contribution in [2.75, 3.05) is 60.0 Å². The summed E-state index contributed by atoms with van der Waals surface area (Å²) in [6, 6.07) is 0. The molecule has 2 amide bonds. The summed E-state index contributed by atoms with van der Waals surface area (Å²) in [7, 11) is 3.69. The molecule has 1 unspecified atom stereocenters. The SMILES string of the molecule is COCCN1CCC(CN(C)C(=O)C2CCN(C(=O)C3CCC3)CC2)C1. The van der Waals surface area contributed by atoms with E-state index in [0.717, 1.165) is 78.0 Å². The summed E-state index contributed by atoms with van der Waals surface area (Å²) >= 11 is 0. The van der Waals surface area contributed by atoms with E-state index in [1.807, 2.05) is 16.8 Å². The highest BCUT2D eigenvalue weighted by Crippen LogP contribution is 2.30. The van der Waals surface area contributed by atoms with E-state index in [2.05, 4.69) is 4.90 Å². The Morgan fingerprint density at radius 2 is 1.77 bits per heavy atom. The zero-order valence-electron chi connectivity index (χ0n) is 16.5. The number of carbonyl (C=O) groups is 2. The quantitative estimate of drug-likeness (QED) is 0.685. The van der Waals surface area contributed by atoms with Crippen molar-refractivity contribution in [2.24, 2.45) is 17.8 Å². The van der Waals surface area contributed by atoms with Crippen molar-refractivity contribution < 1.29 is 14.3 Å². The van der Waals surface area contributed by atoms with E-state index < -0.39 is 0 Å². The average molecular weight is 366 g/mol. The highest BCUT2D eigenvalue weighted by molar-refractivity contribution is 5.81. The number of ether oxygens (including phenoxy) is 1. The third-order valence-corrected chi connectivity index (χ3v) is 6.50. The molecule has 0 radical (unpaired) electrons. The first-order valence-corrected chi connectivity index (χ1v) is 10.3. The van der Waals surface area contributed by atoms with Crippen LogP contribution >= 0.6 is 0 Å². The first-order chi connectivity index (χ1) is 12.6. The fourth-order valence-electron chi connectivity index (χ4n) is 4.53. The van der Waals surface area contributed by atoms with Gasteiger partial charge in [-0.3, -0.25) is 9.59 Å². The van der Waals surface area contributed by atoms with Gasteiger partial charge < -0.3 is 19.4 Å². The van der Waals surface area contributed by atoms with Crippen LogP contribution in [0, 0.1) is 17.8 Å². The van der Waals surface area contributed by atoms with E-state index in [0.29, 0.717) is 11.8 Å². The Morgan fingerprint density at radius 1 is 1.04 bits per heavy atom. The fourth-order valence-corrected chi connectivity index (χ4v) is 4.53. The van der Waals surface area contributed by atoms with Gasteiger partial charge in [0.15, 0.2) is 0 Å². The lowest BCUT2D eigenvalue weighted by molar-refractivity contribution is -0.143. The molecular formula is C20H35N3O3. The Labute approximate surface area is 157 Å². The van der Waals surface area contributed by atoms with E-state index >= 15 is 0 Å². The maximum Gasteiger partial charge on any atom is 0.225 e. The highest BCUT2D eigenvalue weighted by atomic mass is 16.5. The molecule has 0 aromatic carbocycles. The van der Waals surface area contributed by atoms with Crippen molar-refractivity contribution in [1.29, 1.82) is 0 Å². The predicted molar refractivity (Wildman–Crippen MR) is 101 cm³/mol. The molecule has 1 aliphatic carbocycles. The van der Waals surface area contributed by atoms with E-state index in [1.54, 1.807) is 7.11 Å². The van der Waals surface area contributed by atoms with Crippen molar-refractivity contribution in [1.82, 2.24) is 14.7 Å². The van der Waals surface area contributed by atoms with Crippen LogP contribution in [0.4, 0.5) is 0 Å². The molecule has 26 heavy (non-hydrogen) atoms. The van der Waals surface area contributed by atoms with Crippen LogP contribution in [-0.4, -0.2) is 86.5 Å². The van der Waals surface area contributed by atoms with Gasteiger partial charge in [-0.15, -0.1) is 0 Å². The summed E-state index contributed by atoms with van der Waals surface area (Å²) in [5, 5.41) is 0. The largest absolute Gasteiger partial charge is 0.383 e. The summed E-state index contributed by atoms with van der Waals surface area (Å²) in [5.41, 5.74) is 0. The molecule has 3 rings (SSSR count). The third-order valence-electron chi connectivity index (χ3n) is 6.50. The number of methoxy groups -OCH3 is 1. The summed E-state index contributed by atoms with van der Waals surface area (Å²) in [4.78, 5) is 31.5. The van der Waals surface area contributed by atoms with Gasteiger partial charge in [-0.1, -0.05) is 6.42 Å². The second kappa shape index (κ2) is 9.18. The number of likely N-dealkylation sites (tertiary alicyclic amines) is 2. The van der Waals surface area contributed by atoms with Gasteiger partial charge in [-0.05, 0) is 44.6 Å². The van der Waals surface area contributed by atoms with Crippen LogP contribution in [0.25, 0.3) is 0 Å². The number of carbonyl (C=O) groups excluding carboxylic acids is 2. The molecule has 0 bridgehead atoms. The summed E-state index contributed by atoms with van der Waals surface area (Å²) in [6.07, 6.45) is 6.13.